The van der Waals surface area contributed by atoms with Crippen molar-refractivity contribution in [3.05, 3.63) is 94.0 Å². The molecule has 0 heterocycles. The van der Waals surface area contributed by atoms with Crippen molar-refractivity contribution in [3.8, 4) is 11.5 Å². The van der Waals surface area contributed by atoms with Gasteiger partial charge < -0.3 is 14.2 Å². The van der Waals surface area contributed by atoms with Crippen molar-refractivity contribution in [1.29, 1.82) is 0 Å². The van der Waals surface area contributed by atoms with Gasteiger partial charge in [-0.15, -0.1) is 0 Å². The van der Waals surface area contributed by atoms with E-state index in [1.165, 1.54) is 34.9 Å². The number of hydrogen-bond acceptors (Lipinski definition) is 4. The first-order valence-electron chi connectivity index (χ1n) is 10.8. The van der Waals surface area contributed by atoms with Crippen LogP contribution < -0.4 is 9.47 Å². The highest BCUT2D eigenvalue weighted by molar-refractivity contribution is 5.89. The molecule has 0 aliphatic heterocycles. The summed E-state index contributed by atoms with van der Waals surface area (Å²) in [5.74, 6) is 1.28. The largest absolute Gasteiger partial charge is 0.497 e. The second-order valence-electron chi connectivity index (χ2n) is 7.96. The highest BCUT2D eigenvalue weighted by Crippen LogP contribution is 2.37. The molecule has 4 heteroatoms. The lowest BCUT2D eigenvalue weighted by Gasteiger charge is -2.12. The molecule has 4 rings (SSSR count). The molecule has 0 amide bonds. The van der Waals surface area contributed by atoms with E-state index in [4.69, 9.17) is 14.2 Å². The summed E-state index contributed by atoms with van der Waals surface area (Å²) in [6, 6.07) is 20.3. The molecule has 0 aromatic heterocycles. The number of esters is 1. The standard InChI is InChI=1S/C28H28O4/c1-30-25-16-20(17-26(18-25)31-2)15-24-14-13-22-6-4-5-21(27(22)24)10-7-19-8-11-23(12-9-19)28(29)32-3/h4-6,8-9,11-12,15-18H,7,10,13-14H2,1-3H3/b24-15-. The number of aryl methyl sites for hydroxylation is 3. The van der Waals surface area contributed by atoms with Gasteiger partial charge in [-0.25, -0.2) is 4.79 Å². The third-order valence-corrected chi connectivity index (χ3v) is 5.99. The van der Waals surface area contributed by atoms with Crippen LogP contribution >= 0.6 is 0 Å². The molecule has 1 aliphatic rings. The molecule has 0 bridgehead atoms. The topological polar surface area (TPSA) is 44.8 Å². The fourth-order valence-corrected chi connectivity index (χ4v) is 4.34. The van der Waals surface area contributed by atoms with Crippen LogP contribution in [0, 0.1) is 0 Å². The Kier molecular flexibility index (Phi) is 6.60. The summed E-state index contributed by atoms with van der Waals surface area (Å²) in [7, 11) is 4.75. The van der Waals surface area contributed by atoms with E-state index in [0.717, 1.165) is 42.7 Å². The highest BCUT2D eigenvalue weighted by atomic mass is 16.5. The van der Waals surface area contributed by atoms with Crippen LogP contribution in [0.2, 0.25) is 0 Å². The van der Waals surface area contributed by atoms with Crippen LogP contribution in [0.25, 0.3) is 11.6 Å². The van der Waals surface area contributed by atoms with Gasteiger partial charge >= 0.3 is 5.97 Å². The number of carbonyl (C=O) groups is 1. The monoisotopic (exact) mass is 428 g/mol. The van der Waals surface area contributed by atoms with Gasteiger partial charge in [-0.1, -0.05) is 36.4 Å². The summed E-state index contributed by atoms with van der Waals surface area (Å²) < 4.78 is 15.7. The summed E-state index contributed by atoms with van der Waals surface area (Å²) in [5.41, 5.74) is 8.36. The van der Waals surface area contributed by atoms with Crippen molar-refractivity contribution in [2.75, 3.05) is 21.3 Å². The number of carbonyl (C=O) groups excluding carboxylic acids is 1. The first-order valence-corrected chi connectivity index (χ1v) is 10.8. The van der Waals surface area contributed by atoms with Crippen molar-refractivity contribution in [2.45, 2.75) is 25.7 Å². The Labute approximate surface area is 189 Å². The Bertz CT molecular complexity index is 1120. The highest BCUT2D eigenvalue weighted by Gasteiger charge is 2.19. The van der Waals surface area contributed by atoms with Crippen molar-refractivity contribution >= 4 is 17.6 Å². The predicted octanol–water partition coefficient (Wildman–Crippen LogP) is 5.76. The van der Waals surface area contributed by atoms with E-state index < -0.39 is 0 Å². The van der Waals surface area contributed by atoms with E-state index in [0.29, 0.717) is 5.56 Å². The molecular formula is C28H28O4. The van der Waals surface area contributed by atoms with Gasteiger partial charge in [0.05, 0.1) is 26.9 Å². The maximum atomic E-state index is 11.7. The van der Waals surface area contributed by atoms with Crippen LogP contribution in [-0.4, -0.2) is 27.3 Å². The quantitative estimate of drug-likeness (QED) is 0.449. The van der Waals surface area contributed by atoms with Crippen LogP contribution in [0.3, 0.4) is 0 Å². The van der Waals surface area contributed by atoms with Crippen LogP contribution in [0.5, 0.6) is 11.5 Å². The number of allylic oxidation sites excluding steroid dienone is 1. The van der Waals surface area contributed by atoms with E-state index in [1.807, 2.05) is 42.5 Å². The average molecular weight is 429 g/mol. The zero-order valence-corrected chi connectivity index (χ0v) is 18.8. The number of rotatable bonds is 7. The normalized spacial score (nSPS) is 13.7. The number of benzene rings is 3. The summed E-state index contributed by atoms with van der Waals surface area (Å²) in [4.78, 5) is 11.7. The van der Waals surface area contributed by atoms with E-state index in [1.54, 1.807) is 14.2 Å². The number of fused-ring (bicyclic) bond motifs is 1. The van der Waals surface area contributed by atoms with Crippen molar-refractivity contribution in [1.82, 2.24) is 0 Å². The van der Waals surface area contributed by atoms with Gasteiger partial charge in [0.1, 0.15) is 11.5 Å². The maximum Gasteiger partial charge on any atom is 0.337 e. The van der Waals surface area contributed by atoms with Gasteiger partial charge in [-0.3, -0.25) is 0 Å². The summed E-state index contributed by atoms with van der Waals surface area (Å²) in [6.07, 6.45) is 6.20. The van der Waals surface area contributed by atoms with Gasteiger partial charge in [0.15, 0.2) is 0 Å². The molecule has 4 nitrogen and oxygen atoms in total. The lowest BCUT2D eigenvalue weighted by atomic mass is 9.94. The molecule has 0 fully saturated rings. The van der Waals surface area contributed by atoms with Gasteiger partial charge in [-0.05, 0) is 83.3 Å². The Morgan fingerprint density at radius 1 is 0.875 bits per heavy atom. The molecule has 0 saturated heterocycles. The van der Waals surface area contributed by atoms with Gasteiger partial charge in [-0.2, -0.15) is 0 Å². The Morgan fingerprint density at radius 3 is 2.25 bits per heavy atom. The first kappa shape index (κ1) is 21.7. The second kappa shape index (κ2) is 9.73. The van der Waals surface area contributed by atoms with Gasteiger partial charge in [0.25, 0.3) is 0 Å². The van der Waals surface area contributed by atoms with E-state index in [-0.39, 0.29) is 5.97 Å². The zero-order chi connectivity index (χ0) is 22.5. The molecule has 0 unspecified atom stereocenters. The Morgan fingerprint density at radius 2 is 1.59 bits per heavy atom. The van der Waals surface area contributed by atoms with E-state index >= 15 is 0 Å². The smallest absolute Gasteiger partial charge is 0.337 e. The van der Waals surface area contributed by atoms with Crippen molar-refractivity contribution < 1.29 is 19.0 Å². The molecule has 0 N–H and O–H groups in total. The third-order valence-electron chi connectivity index (χ3n) is 5.99. The molecule has 3 aromatic carbocycles. The van der Waals surface area contributed by atoms with Gasteiger partial charge in [0.2, 0.25) is 0 Å². The summed E-state index contributed by atoms with van der Waals surface area (Å²) >= 11 is 0. The second-order valence-corrected chi connectivity index (χ2v) is 7.96. The zero-order valence-electron chi connectivity index (χ0n) is 18.8. The molecule has 0 radical (unpaired) electrons. The molecule has 0 atom stereocenters. The van der Waals surface area contributed by atoms with Crippen molar-refractivity contribution in [3.63, 3.8) is 0 Å². The number of ether oxygens (including phenoxy) is 3. The third kappa shape index (κ3) is 4.70. The molecule has 164 valence electrons. The number of methoxy groups -OCH3 is 3. The molecule has 0 saturated carbocycles. The molecule has 1 aliphatic carbocycles. The van der Waals surface area contributed by atoms with Crippen LogP contribution in [0.4, 0.5) is 0 Å². The molecule has 3 aromatic rings. The van der Waals surface area contributed by atoms with E-state index in [9.17, 15) is 4.79 Å². The van der Waals surface area contributed by atoms with E-state index in [2.05, 4.69) is 24.3 Å². The minimum absolute atomic E-state index is 0.304. The SMILES string of the molecule is COC(=O)c1ccc(CCc2cccc3c2/C(=C\c2cc(OC)cc(OC)c2)CC3)cc1. The lowest BCUT2D eigenvalue weighted by Crippen LogP contribution is -2.01. The van der Waals surface area contributed by atoms with Gasteiger partial charge in [0, 0.05) is 6.07 Å². The minimum Gasteiger partial charge on any atom is -0.497 e. The summed E-state index contributed by atoms with van der Waals surface area (Å²) in [6.45, 7) is 0. The fourth-order valence-electron chi connectivity index (χ4n) is 4.34. The fraction of sp³-hybridized carbons (Fsp3) is 0.250. The Balaban J connectivity index is 1.58. The molecular weight excluding hydrogens is 400 g/mol. The maximum absolute atomic E-state index is 11.7. The lowest BCUT2D eigenvalue weighted by molar-refractivity contribution is 0.0600. The summed E-state index contributed by atoms with van der Waals surface area (Å²) in [5, 5.41) is 0. The van der Waals surface area contributed by atoms with Crippen LogP contribution in [-0.2, 0) is 24.0 Å². The van der Waals surface area contributed by atoms with Crippen LogP contribution in [0.15, 0.2) is 60.7 Å². The number of hydrogen-bond donors (Lipinski definition) is 0. The predicted molar refractivity (Wildman–Crippen MR) is 127 cm³/mol. The van der Waals surface area contributed by atoms with Crippen LogP contribution in [0.1, 0.15) is 44.6 Å². The minimum atomic E-state index is -0.304. The Hall–Kier alpha value is -3.53. The van der Waals surface area contributed by atoms with Crippen molar-refractivity contribution in [2.24, 2.45) is 0 Å². The first-order chi connectivity index (χ1) is 15.6. The molecule has 32 heavy (non-hydrogen) atoms. The average Bonchev–Trinajstić information content (AvgIpc) is 3.25. The molecule has 0 spiro atoms.